The van der Waals surface area contributed by atoms with Gasteiger partial charge in [-0.05, 0) is 36.8 Å². The second kappa shape index (κ2) is 4.63. The Morgan fingerprint density at radius 2 is 2.00 bits per heavy atom. The first kappa shape index (κ1) is 12.1. The van der Waals surface area contributed by atoms with Crippen LogP contribution >= 0.6 is 15.9 Å². The Balaban J connectivity index is 2.28. The zero-order valence-electron chi connectivity index (χ0n) is 10.3. The topological polar surface area (TPSA) is 45.8 Å². The highest BCUT2D eigenvalue weighted by Crippen LogP contribution is 2.20. The zero-order chi connectivity index (χ0) is 13.4. The summed E-state index contributed by atoms with van der Waals surface area (Å²) < 4.78 is 0.956. The van der Waals surface area contributed by atoms with Crippen molar-refractivity contribution < 1.29 is 0 Å². The van der Waals surface area contributed by atoms with E-state index in [-0.39, 0.29) is 5.56 Å². The predicted octanol–water partition coefficient (Wildman–Crippen LogP) is 3.66. The van der Waals surface area contributed by atoms with Crippen molar-refractivity contribution in [1.82, 2.24) is 9.97 Å². The Kier molecular flexibility index (Phi) is 2.95. The van der Waals surface area contributed by atoms with Crippen LogP contribution in [0.1, 0.15) is 5.56 Å². The molecule has 4 heteroatoms. The molecule has 0 aliphatic heterocycles. The molecule has 0 atom stereocenters. The molecule has 3 aromatic rings. The summed E-state index contributed by atoms with van der Waals surface area (Å²) in [4.78, 5) is 19.4. The molecule has 0 saturated heterocycles. The number of rotatable bonds is 1. The van der Waals surface area contributed by atoms with Gasteiger partial charge >= 0.3 is 0 Å². The van der Waals surface area contributed by atoms with Crippen LogP contribution in [-0.2, 0) is 0 Å². The van der Waals surface area contributed by atoms with Crippen LogP contribution in [0.25, 0.3) is 22.3 Å². The summed E-state index contributed by atoms with van der Waals surface area (Å²) in [5, 5.41) is 0.615. The lowest BCUT2D eigenvalue weighted by molar-refractivity contribution is 1.18. The number of aromatic nitrogens is 2. The first-order chi connectivity index (χ1) is 9.13. The molecule has 1 aromatic heterocycles. The molecule has 2 aromatic carbocycles. The number of halogens is 1. The van der Waals surface area contributed by atoms with Crippen LogP contribution in [-0.4, -0.2) is 9.97 Å². The van der Waals surface area contributed by atoms with Gasteiger partial charge in [-0.3, -0.25) is 4.79 Å². The molecule has 0 bridgehead atoms. The molecular formula is C15H11BrN2O. The van der Waals surface area contributed by atoms with Gasteiger partial charge in [-0.15, -0.1) is 0 Å². The number of H-pyrrole nitrogens is 1. The summed E-state index contributed by atoms with van der Waals surface area (Å²) in [6.07, 6.45) is 0. The maximum absolute atomic E-state index is 12.1. The van der Waals surface area contributed by atoms with Gasteiger partial charge in [0.2, 0.25) is 0 Å². The number of nitrogens with zero attached hydrogens (tertiary/aromatic N) is 1. The average molecular weight is 315 g/mol. The lowest BCUT2D eigenvalue weighted by Gasteiger charge is -2.04. The van der Waals surface area contributed by atoms with Crippen LogP contribution < -0.4 is 5.56 Å². The van der Waals surface area contributed by atoms with Crippen molar-refractivity contribution in [1.29, 1.82) is 0 Å². The molecule has 0 radical (unpaired) electrons. The van der Waals surface area contributed by atoms with Crippen molar-refractivity contribution in [2.45, 2.75) is 6.92 Å². The third kappa shape index (κ3) is 2.31. The van der Waals surface area contributed by atoms with E-state index in [4.69, 9.17) is 0 Å². The lowest BCUT2D eigenvalue weighted by atomic mass is 10.1. The number of benzene rings is 2. The number of hydrogen-bond donors (Lipinski definition) is 1. The zero-order valence-corrected chi connectivity index (χ0v) is 11.9. The molecule has 1 heterocycles. The van der Waals surface area contributed by atoms with E-state index in [0.717, 1.165) is 21.1 Å². The van der Waals surface area contributed by atoms with Gasteiger partial charge in [-0.25, -0.2) is 4.98 Å². The molecule has 0 amide bonds. The van der Waals surface area contributed by atoms with Crippen LogP contribution in [0.2, 0.25) is 0 Å². The Morgan fingerprint density at radius 1 is 1.16 bits per heavy atom. The van der Waals surface area contributed by atoms with E-state index < -0.39 is 0 Å². The summed E-state index contributed by atoms with van der Waals surface area (Å²) in [7, 11) is 0. The van der Waals surface area contributed by atoms with Gasteiger partial charge in [0, 0.05) is 10.0 Å². The molecule has 0 unspecified atom stereocenters. The number of hydrogen-bond acceptors (Lipinski definition) is 2. The molecule has 0 saturated carbocycles. The number of fused-ring (bicyclic) bond motifs is 1. The van der Waals surface area contributed by atoms with E-state index in [1.165, 1.54) is 0 Å². The monoisotopic (exact) mass is 314 g/mol. The van der Waals surface area contributed by atoms with Crippen molar-refractivity contribution in [3.05, 3.63) is 62.9 Å². The third-order valence-electron chi connectivity index (χ3n) is 2.96. The van der Waals surface area contributed by atoms with Gasteiger partial charge in [0.1, 0.15) is 5.82 Å². The SMILES string of the molecule is Cc1ccc2c(=O)[nH]c(-c3cccc(Br)c3)nc2c1. The van der Waals surface area contributed by atoms with Crippen LogP contribution in [0.3, 0.4) is 0 Å². The van der Waals surface area contributed by atoms with E-state index in [1.807, 2.05) is 43.3 Å². The van der Waals surface area contributed by atoms with E-state index in [2.05, 4.69) is 25.9 Å². The summed E-state index contributed by atoms with van der Waals surface area (Å²) in [6, 6.07) is 13.3. The van der Waals surface area contributed by atoms with E-state index >= 15 is 0 Å². The highest BCUT2D eigenvalue weighted by Gasteiger charge is 2.06. The highest BCUT2D eigenvalue weighted by atomic mass is 79.9. The van der Waals surface area contributed by atoms with Gasteiger partial charge in [-0.1, -0.05) is 34.1 Å². The summed E-state index contributed by atoms with van der Waals surface area (Å²) in [5.74, 6) is 0.587. The molecule has 1 N–H and O–H groups in total. The highest BCUT2D eigenvalue weighted by molar-refractivity contribution is 9.10. The second-order valence-electron chi connectivity index (χ2n) is 4.45. The molecule has 0 aliphatic carbocycles. The van der Waals surface area contributed by atoms with Crippen molar-refractivity contribution in [2.24, 2.45) is 0 Å². The number of aryl methyl sites for hydroxylation is 1. The van der Waals surface area contributed by atoms with E-state index in [1.54, 1.807) is 6.07 Å². The van der Waals surface area contributed by atoms with Gasteiger partial charge in [-0.2, -0.15) is 0 Å². The standard InChI is InChI=1S/C15H11BrN2O/c1-9-5-6-12-13(7-9)17-14(18-15(12)19)10-3-2-4-11(16)8-10/h2-8H,1H3,(H,17,18,19). The van der Waals surface area contributed by atoms with Crippen molar-refractivity contribution in [3.63, 3.8) is 0 Å². The minimum Gasteiger partial charge on any atom is -0.306 e. The Morgan fingerprint density at radius 3 is 2.79 bits per heavy atom. The maximum atomic E-state index is 12.1. The number of nitrogens with one attached hydrogen (secondary N) is 1. The molecule has 19 heavy (non-hydrogen) atoms. The maximum Gasteiger partial charge on any atom is 0.259 e. The van der Waals surface area contributed by atoms with Crippen molar-refractivity contribution in [2.75, 3.05) is 0 Å². The van der Waals surface area contributed by atoms with E-state index in [0.29, 0.717) is 11.2 Å². The molecular weight excluding hydrogens is 304 g/mol. The molecule has 3 rings (SSSR count). The fourth-order valence-corrected chi connectivity index (χ4v) is 2.42. The quantitative estimate of drug-likeness (QED) is 0.745. The van der Waals surface area contributed by atoms with Crippen LogP contribution in [0.4, 0.5) is 0 Å². The normalized spacial score (nSPS) is 10.8. The van der Waals surface area contributed by atoms with E-state index in [9.17, 15) is 4.79 Å². The van der Waals surface area contributed by atoms with Crippen LogP contribution in [0, 0.1) is 6.92 Å². The molecule has 0 fully saturated rings. The fourth-order valence-electron chi connectivity index (χ4n) is 2.02. The van der Waals surface area contributed by atoms with Gasteiger partial charge in [0.15, 0.2) is 0 Å². The minimum absolute atomic E-state index is 0.111. The summed E-state index contributed by atoms with van der Waals surface area (Å²) in [6.45, 7) is 1.99. The summed E-state index contributed by atoms with van der Waals surface area (Å²) >= 11 is 3.42. The third-order valence-corrected chi connectivity index (χ3v) is 3.45. The minimum atomic E-state index is -0.111. The lowest BCUT2D eigenvalue weighted by Crippen LogP contribution is -2.09. The largest absolute Gasteiger partial charge is 0.306 e. The Bertz CT molecular complexity index is 824. The molecule has 94 valence electrons. The molecule has 0 aliphatic rings. The Hall–Kier alpha value is -1.94. The first-order valence-corrected chi connectivity index (χ1v) is 6.69. The fraction of sp³-hybridized carbons (Fsp3) is 0.0667. The summed E-state index contributed by atoms with van der Waals surface area (Å²) in [5.41, 5.74) is 2.58. The molecule has 0 spiro atoms. The smallest absolute Gasteiger partial charge is 0.259 e. The van der Waals surface area contributed by atoms with Gasteiger partial charge in [0.05, 0.1) is 10.9 Å². The predicted molar refractivity (Wildman–Crippen MR) is 80.2 cm³/mol. The van der Waals surface area contributed by atoms with Gasteiger partial charge in [0.25, 0.3) is 5.56 Å². The molecule has 3 nitrogen and oxygen atoms in total. The van der Waals surface area contributed by atoms with Gasteiger partial charge < -0.3 is 4.98 Å². The average Bonchev–Trinajstić information content (AvgIpc) is 2.38. The van der Waals surface area contributed by atoms with Crippen molar-refractivity contribution in [3.8, 4) is 11.4 Å². The number of aromatic amines is 1. The van der Waals surface area contributed by atoms with Crippen molar-refractivity contribution >= 4 is 26.8 Å². The van der Waals surface area contributed by atoms with Crippen LogP contribution in [0.15, 0.2) is 51.7 Å². The van der Waals surface area contributed by atoms with Crippen LogP contribution in [0.5, 0.6) is 0 Å². The second-order valence-corrected chi connectivity index (χ2v) is 5.36. The first-order valence-electron chi connectivity index (χ1n) is 5.90. The Labute approximate surface area is 118 Å².